The van der Waals surface area contributed by atoms with Gasteiger partial charge in [0.05, 0.1) is 6.04 Å². The normalized spacial score (nSPS) is 12.4. The maximum absolute atomic E-state index is 6.32. The lowest BCUT2D eigenvalue weighted by Crippen LogP contribution is -2.18. The minimum absolute atomic E-state index is 0.0790. The van der Waals surface area contributed by atoms with Crippen molar-refractivity contribution in [2.45, 2.75) is 13.0 Å². The molecule has 1 atom stereocenters. The van der Waals surface area contributed by atoms with Gasteiger partial charge in [0, 0.05) is 10.0 Å². The van der Waals surface area contributed by atoms with Crippen molar-refractivity contribution >= 4 is 23.2 Å². The van der Waals surface area contributed by atoms with Crippen LogP contribution in [0.1, 0.15) is 22.7 Å². The van der Waals surface area contributed by atoms with Crippen molar-refractivity contribution in [3.8, 4) is 0 Å². The number of rotatable bonds is 3. The first-order chi connectivity index (χ1) is 8.61. The van der Waals surface area contributed by atoms with Gasteiger partial charge in [-0.25, -0.2) is 0 Å². The fourth-order valence-electron chi connectivity index (χ4n) is 2.02. The van der Waals surface area contributed by atoms with Gasteiger partial charge in [0.2, 0.25) is 0 Å². The van der Waals surface area contributed by atoms with E-state index in [9.17, 15) is 0 Å². The largest absolute Gasteiger partial charge is 0.309 e. The fraction of sp³-hybridized carbons (Fsp3) is 0.200. The van der Waals surface area contributed by atoms with E-state index in [1.807, 2.05) is 44.3 Å². The molecule has 0 aliphatic carbocycles. The Morgan fingerprint density at radius 1 is 1.00 bits per heavy atom. The molecular formula is C15H15Cl2N. The molecule has 0 saturated heterocycles. The van der Waals surface area contributed by atoms with Crippen LogP contribution in [0.15, 0.2) is 42.5 Å². The van der Waals surface area contributed by atoms with Crippen molar-refractivity contribution in [1.29, 1.82) is 0 Å². The maximum Gasteiger partial charge on any atom is 0.0589 e. The van der Waals surface area contributed by atoms with Gasteiger partial charge in [-0.1, -0.05) is 47.5 Å². The molecule has 94 valence electrons. The molecule has 3 heteroatoms. The number of nitrogens with one attached hydrogen (secondary N) is 1. The average Bonchev–Trinajstić information content (AvgIpc) is 2.35. The molecule has 2 rings (SSSR count). The van der Waals surface area contributed by atoms with E-state index in [0.29, 0.717) is 0 Å². The molecule has 0 amide bonds. The van der Waals surface area contributed by atoms with Crippen molar-refractivity contribution < 1.29 is 0 Å². The lowest BCUT2D eigenvalue weighted by atomic mass is 9.98. The Labute approximate surface area is 118 Å². The van der Waals surface area contributed by atoms with E-state index in [-0.39, 0.29) is 6.04 Å². The molecule has 1 N–H and O–H groups in total. The van der Waals surface area contributed by atoms with Crippen LogP contribution >= 0.6 is 23.2 Å². The molecule has 0 saturated carbocycles. The van der Waals surface area contributed by atoms with Crippen LogP contribution in [0.2, 0.25) is 10.0 Å². The molecule has 0 heterocycles. The van der Waals surface area contributed by atoms with Crippen LogP contribution in [0.5, 0.6) is 0 Å². The predicted octanol–water partition coefficient (Wildman–Crippen LogP) is 4.61. The molecule has 0 bridgehead atoms. The predicted molar refractivity (Wildman–Crippen MR) is 78.5 cm³/mol. The molecule has 18 heavy (non-hydrogen) atoms. The molecule has 0 fully saturated rings. The highest BCUT2D eigenvalue weighted by Gasteiger charge is 2.14. The Balaban J connectivity index is 2.41. The smallest absolute Gasteiger partial charge is 0.0589 e. The van der Waals surface area contributed by atoms with Gasteiger partial charge in [-0.05, 0) is 48.9 Å². The fourth-order valence-corrected chi connectivity index (χ4v) is 2.49. The molecule has 0 aliphatic heterocycles. The summed E-state index contributed by atoms with van der Waals surface area (Å²) >= 11 is 12.2. The zero-order valence-corrected chi connectivity index (χ0v) is 11.9. The first-order valence-corrected chi connectivity index (χ1v) is 6.56. The van der Waals surface area contributed by atoms with E-state index in [0.717, 1.165) is 26.7 Å². The second-order valence-corrected chi connectivity index (χ2v) is 5.14. The molecule has 0 aromatic heterocycles. The summed E-state index contributed by atoms with van der Waals surface area (Å²) in [5.41, 5.74) is 3.38. The van der Waals surface area contributed by atoms with E-state index in [2.05, 4.69) is 17.4 Å². The van der Waals surface area contributed by atoms with Gasteiger partial charge in [-0.2, -0.15) is 0 Å². The summed E-state index contributed by atoms with van der Waals surface area (Å²) < 4.78 is 0. The van der Waals surface area contributed by atoms with Gasteiger partial charge >= 0.3 is 0 Å². The standard InChI is InChI=1S/C15H15Cl2N/c1-10-3-8-13(14(17)9-10)15(18-2)11-4-6-12(16)7-5-11/h3-9,15,18H,1-2H3. The zero-order valence-electron chi connectivity index (χ0n) is 10.4. The third-order valence-electron chi connectivity index (χ3n) is 2.96. The van der Waals surface area contributed by atoms with E-state index >= 15 is 0 Å². The highest BCUT2D eigenvalue weighted by molar-refractivity contribution is 6.31. The molecule has 2 aromatic carbocycles. The highest BCUT2D eigenvalue weighted by atomic mass is 35.5. The Hall–Kier alpha value is -1.02. The maximum atomic E-state index is 6.32. The summed E-state index contributed by atoms with van der Waals surface area (Å²) in [5, 5.41) is 4.81. The van der Waals surface area contributed by atoms with Crippen molar-refractivity contribution in [1.82, 2.24) is 5.32 Å². The van der Waals surface area contributed by atoms with Crippen LogP contribution in [0.25, 0.3) is 0 Å². The van der Waals surface area contributed by atoms with E-state index < -0.39 is 0 Å². The highest BCUT2D eigenvalue weighted by Crippen LogP contribution is 2.29. The van der Waals surface area contributed by atoms with Gasteiger partial charge in [0.1, 0.15) is 0 Å². The van der Waals surface area contributed by atoms with E-state index in [4.69, 9.17) is 23.2 Å². The lowest BCUT2D eigenvalue weighted by molar-refractivity contribution is 0.692. The number of hydrogen-bond donors (Lipinski definition) is 1. The molecule has 1 nitrogen and oxygen atoms in total. The van der Waals surface area contributed by atoms with Crippen LogP contribution in [0, 0.1) is 6.92 Å². The summed E-state index contributed by atoms with van der Waals surface area (Å²) in [4.78, 5) is 0. The molecule has 0 aliphatic rings. The zero-order chi connectivity index (χ0) is 13.1. The summed E-state index contributed by atoms with van der Waals surface area (Å²) in [6.07, 6.45) is 0. The Kier molecular flexibility index (Phi) is 4.28. The minimum atomic E-state index is 0.0790. The lowest BCUT2D eigenvalue weighted by Gasteiger charge is -2.19. The molecular weight excluding hydrogens is 265 g/mol. The molecule has 0 radical (unpaired) electrons. The summed E-state index contributed by atoms with van der Waals surface area (Å²) in [6, 6.07) is 14.0. The summed E-state index contributed by atoms with van der Waals surface area (Å²) in [7, 11) is 1.93. The Bertz CT molecular complexity index is 535. The molecule has 1 unspecified atom stereocenters. The van der Waals surface area contributed by atoms with Crippen LogP contribution in [-0.4, -0.2) is 7.05 Å². The first kappa shape index (κ1) is 13.4. The van der Waals surface area contributed by atoms with Crippen LogP contribution < -0.4 is 5.32 Å². The van der Waals surface area contributed by atoms with Crippen molar-refractivity contribution in [2.24, 2.45) is 0 Å². The Morgan fingerprint density at radius 2 is 1.67 bits per heavy atom. The quantitative estimate of drug-likeness (QED) is 0.865. The van der Waals surface area contributed by atoms with Crippen LogP contribution in [0.4, 0.5) is 0 Å². The van der Waals surface area contributed by atoms with Crippen LogP contribution in [-0.2, 0) is 0 Å². The monoisotopic (exact) mass is 279 g/mol. The summed E-state index contributed by atoms with van der Waals surface area (Å²) in [6.45, 7) is 2.03. The third kappa shape index (κ3) is 2.86. The van der Waals surface area contributed by atoms with Crippen molar-refractivity contribution in [2.75, 3.05) is 7.05 Å². The molecule has 0 spiro atoms. The third-order valence-corrected chi connectivity index (χ3v) is 3.54. The van der Waals surface area contributed by atoms with Gasteiger partial charge in [0.15, 0.2) is 0 Å². The first-order valence-electron chi connectivity index (χ1n) is 5.80. The van der Waals surface area contributed by atoms with Gasteiger partial charge < -0.3 is 5.32 Å². The number of benzene rings is 2. The topological polar surface area (TPSA) is 12.0 Å². The molecule has 2 aromatic rings. The Morgan fingerprint density at radius 3 is 2.22 bits per heavy atom. The van der Waals surface area contributed by atoms with Gasteiger partial charge in [-0.15, -0.1) is 0 Å². The van der Waals surface area contributed by atoms with E-state index in [1.54, 1.807) is 0 Å². The second kappa shape index (κ2) is 5.75. The van der Waals surface area contributed by atoms with Crippen molar-refractivity contribution in [3.63, 3.8) is 0 Å². The summed E-state index contributed by atoms with van der Waals surface area (Å²) in [5.74, 6) is 0. The second-order valence-electron chi connectivity index (χ2n) is 4.30. The van der Waals surface area contributed by atoms with Gasteiger partial charge in [0.25, 0.3) is 0 Å². The number of aryl methyl sites for hydroxylation is 1. The van der Waals surface area contributed by atoms with Crippen LogP contribution in [0.3, 0.4) is 0 Å². The van der Waals surface area contributed by atoms with Crippen molar-refractivity contribution in [3.05, 3.63) is 69.2 Å². The van der Waals surface area contributed by atoms with Gasteiger partial charge in [-0.3, -0.25) is 0 Å². The average molecular weight is 280 g/mol. The SMILES string of the molecule is CNC(c1ccc(Cl)cc1)c1ccc(C)cc1Cl. The van der Waals surface area contributed by atoms with E-state index in [1.165, 1.54) is 0 Å². The minimum Gasteiger partial charge on any atom is -0.309 e. The number of halogens is 2. The number of hydrogen-bond acceptors (Lipinski definition) is 1.